The molecule has 4 rings (SSSR count). The number of nitrogens with zero attached hydrogens (tertiary/aromatic N) is 6. The van der Waals surface area contributed by atoms with E-state index in [0.29, 0.717) is 36.0 Å². The predicted molar refractivity (Wildman–Crippen MR) is 83.4 cm³/mol. The lowest BCUT2D eigenvalue weighted by molar-refractivity contribution is -0.0276. The Labute approximate surface area is 138 Å². The average molecular weight is 338 g/mol. The van der Waals surface area contributed by atoms with E-state index >= 15 is 0 Å². The van der Waals surface area contributed by atoms with Gasteiger partial charge in [-0.2, -0.15) is 0 Å². The second-order valence-electron chi connectivity index (χ2n) is 6.49. The minimum Gasteiger partial charge on any atom is -0.377 e. The molecule has 2 saturated heterocycles. The number of unbranched alkanes of at least 4 members (excludes halogenated alkanes) is 1. The van der Waals surface area contributed by atoms with Crippen LogP contribution in [0.5, 0.6) is 0 Å². The number of anilines is 1. The Morgan fingerprint density at radius 2 is 2.12 bits per heavy atom. The van der Waals surface area contributed by atoms with Crippen molar-refractivity contribution in [3.05, 3.63) is 5.82 Å². The predicted octanol–water partition coefficient (Wildman–Crippen LogP) is 1.98. The summed E-state index contributed by atoms with van der Waals surface area (Å²) < 4.78 is 34.2. The Morgan fingerprint density at radius 1 is 1.29 bits per heavy atom. The molecule has 0 spiro atoms. The third-order valence-electron chi connectivity index (χ3n) is 4.54. The van der Waals surface area contributed by atoms with Gasteiger partial charge < -0.3 is 9.64 Å². The van der Waals surface area contributed by atoms with Crippen molar-refractivity contribution in [2.24, 2.45) is 0 Å². The van der Waals surface area contributed by atoms with Crippen molar-refractivity contribution >= 4 is 17.0 Å². The minimum absolute atomic E-state index is 0.108. The van der Waals surface area contributed by atoms with Crippen LogP contribution in [-0.4, -0.2) is 57.2 Å². The van der Waals surface area contributed by atoms with E-state index in [4.69, 9.17) is 4.74 Å². The van der Waals surface area contributed by atoms with Crippen molar-refractivity contribution in [2.45, 2.75) is 44.6 Å². The summed E-state index contributed by atoms with van der Waals surface area (Å²) in [7, 11) is 0. The third kappa shape index (κ3) is 2.70. The van der Waals surface area contributed by atoms with Crippen molar-refractivity contribution in [1.82, 2.24) is 25.0 Å². The number of aromatic nitrogens is 5. The maximum atomic E-state index is 13.6. The van der Waals surface area contributed by atoms with Gasteiger partial charge >= 0.3 is 0 Å². The Kier molecular flexibility index (Phi) is 3.82. The zero-order chi connectivity index (χ0) is 16.7. The van der Waals surface area contributed by atoms with Gasteiger partial charge in [0, 0.05) is 19.4 Å². The number of halogens is 2. The molecular formula is C15H20F2N6O. The molecular weight excluding hydrogens is 318 g/mol. The molecule has 0 aromatic carbocycles. The van der Waals surface area contributed by atoms with Gasteiger partial charge in [0.25, 0.3) is 5.92 Å². The largest absolute Gasteiger partial charge is 0.377 e. The Morgan fingerprint density at radius 3 is 2.75 bits per heavy atom. The summed E-state index contributed by atoms with van der Waals surface area (Å²) in [5.41, 5.74) is 1.12. The smallest absolute Gasteiger partial charge is 0.266 e. The zero-order valence-corrected chi connectivity index (χ0v) is 13.6. The van der Waals surface area contributed by atoms with E-state index < -0.39 is 5.92 Å². The van der Waals surface area contributed by atoms with Crippen molar-refractivity contribution in [2.75, 3.05) is 31.2 Å². The van der Waals surface area contributed by atoms with Crippen LogP contribution < -0.4 is 4.90 Å². The van der Waals surface area contributed by atoms with E-state index in [1.54, 1.807) is 9.58 Å². The SMILES string of the molecule is CCCCc1nc(N2CCC(F)(F)C2)c2nnn(C3COC3)c2n1. The van der Waals surface area contributed by atoms with E-state index in [0.717, 1.165) is 19.3 Å². The molecule has 2 aromatic heterocycles. The molecule has 0 atom stereocenters. The molecule has 0 bridgehead atoms. The maximum Gasteiger partial charge on any atom is 0.266 e. The molecule has 2 fully saturated rings. The number of alkyl halides is 2. The highest BCUT2D eigenvalue weighted by Gasteiger charge is 2.40. The standard InChI is InChI=1S/C15H20F2N6O/c1-2-3-4-11-18-13(22-6-5-15(16,17)9-22)12-14(19-11)23(21-20-12)10-7-24-8-10/h10H,2-9H2,1H3. The summed E-state index contributed by atoms with van der Waals surface area (Å²) in [4.78, 5) is 10.7. The van der Waals surface area contributed by atoms with Gasteiger partial charge in [0.15, 0.2) is 17.0 Å². The van der Waals surface area contributed by atoms with Gasteiger partial charge in [-0.25, -0.2) is 23.4 Å². The summed E-state index contributed by atoms with van der Waals surface area (Å²) >= 11 is 0. The van der Waals surface area contributed by atoms with Crippen molar-refractivity contribution < 1.29 is 13.5 Å². The van der Waals surface area contributed by atoms with Gasteiger partial charge in [0.2, 0.25) is 0 Å². The molecule has 0 saturated carbocycles. The Hall–Kier alpha value is -1.90. The summed E-state index contributed by atoms with van der Waals surface area (Å²) in [5, 5.41) is 8.36. The highest BCUT2D eigenvalue weighted by Crippen LogP contribution is 2.33. The minimum atomic E-state index is -2.68. The lowest BCUT2D eigenvalue weighted by atomic mass is 10.2. The summed E-state index contributed by atoms with van der Waals surface area (Å²) in [5.74, 6) is -1.54. The number of ether oxygens (including phenoxy) is 1. The van der Waals surface area contributed by atoms with Crippen LogP contribution in [0.15, 0.2) is 0 Å². The zero-order valence-electron chi connectivity index (χ0n) is 13.6. The number of hydrogen-bond donors (Lipinski definition) is 0. The topological polar surface area (TPSA) is 69.0 Å². The fraction of sp³-hybridized carbons (Fsp3) is 0.733. The highest BCUT2D eigenvalue weighted by atomic mass is 19.3. The van der Waals surface area contributed by atoms with Crippen molar-refractivity contribution in [3.63, 3.8) is 0 Å². The first-order valence-electron chi connectivity index (χ1n) is 8.40. The molecule has 4 heterocycles. The fourth-order valence-corrected chi connectivity index (χ4v) is 3.05. The monoisotopic (exact) mass is 338 g/mol. The first-order chi connectivity index (χ1) is 11.6. The molecule has 9 heteroatoms. The molecule has 0 unspecified atom stereocenters. The lowest BCUT2D eigenvalue weighted by Crippen LogP contribution is -2.31. The van der Waals surface area contributed by atoms with E-state index in [-0.39, 0.29) is 25.6 Å². The Balaban J connectivity index is 1.77. The number of rotatable bonds is 5. The molecule has 2 aromatic rings. The number of hydrogen-bond acceptors (Lipinski definition) is 6. The van der Waals surface area contributed by atoms with Crippen LogP contribution in [0.1, 0.15) is 38.1 Å². The maximum absolute atomic E-state index is 13.6. The lowest BCUT2D eigenvalue weighted by Gasteiger charge is -2.25. The molecule has 0 amide bonds. The van der Waals surface area contributed by atoms with E-state index in [1.165, 1.54) is 0 Å². The molecule has 0 N–H and O–H groups in total. The highest BCUT2D eigenvalue weighted by molar-refractivity contribution is 5.83. The van der Waals surface area contributed by atoms with Crippen LogP contribution in [-0.2, 0) is 11.2 Å². The van der Waals surface area contributed by atoms with Crippen LogP contribution in [0.3, 0.4) is 0 Å². The third-order valence-corrected chi connectivity index (χ3v) is 4.54. The van der Waals surface area contributed by atoms with Gasteiger partial charge in [0.1, 0.15) is 11.9 Å². The van der Waals surface area contributed by atoms with E-state index in [2.05, 4.69) is 27.2 Å². The van der Waals surface area contributed by atoms with Gasteiger partial charge in [-0.1, -0.05) is 18.6 Å². The quantitative estimate of drug-likeness (QED) is 0.830. The summed E-state index contributed by atoms with van der Waals surface area (Å²) in [6, 6.07) is 0.108. The molecule has 0 radical (unpaired) electrons. The van der Waals surface area contributed by atoms with Crippen LogP contribution >= 0.6 is 0 Å². The second kappa shape index (κ2) is 5.87. The number of aryl methyl sites for hydroxylation is 1. The normalized spacial score (nSPS) is 20.7. The molecule has 130 valence electrons. The molecule has 7 nitrogen and oxygen atoms in total. The van der Waals surface area contributed by atoms with Gasteiger partial charge in [-0.3, -0.25) is 0 Å². The van der Waals surface area contributed by atoms with Crippen LogP contribution in [0.2, 0.25) is 0 Å². The summed E-state index contributed by atoms with van der Waals surface area (Å²) in [6.45, 7) is 3.18. The first-order valence-corrected chi connectivity index (χ1v) is 8.40. The average Bonchev–Trinajstić information content (AvgIpc) is 3.07. The number of fused-ring (bicyclic) bond motifs is 1. The molecule has 0 aliphatic carbocycles. The second-order valence-corrected chi connectivity index (χ2v) is 6.49. The molecule has 2 aliphatic heterocycles. The van der Waals surface area contributed by atoms with Gasteiger partial charge in [-0.05, 0) is 6.42 Å². The fourth-order valence-electron chi connectivity index (χ4n) is 3.05. The van der Waals surface area contributed by atoms with E-state index in [1.807, 2.05) is 0 Å². The van der Waals surface area contributed by atoms with Crippen LogP contribution in [0.25, 0.3) is 11.2 Å². The van der Waals surface area contributed by atoms with Crippen molar-refractivity contribution in [1.29, 1.82) is 0 Å². The first kappa shape index (κ1) is 15.6. The molecule has 2 aliphatic rings. The van der Waals surface area contributed by atoms with E-state index in [9.17, 15) is 8.78 Å². The van der Waals surface area contributed by atoms with Crippen molar-refractivity contribution in [3.8, 4) is 0 Å². The van der Waals surface area contributed by atoms with Gasteiger partial charge in [-0.15, -0.1) is 5.10 Å². The Bertz CT molecular complexity index is 745. The molecule has 24 heavy (non-hydrogen) atoms. The summed E-state index contributed by atoms with van der Waals surface area (Å²) in [6.07, 6.45) is 2.53. The van der Waals surface area contributed by atoms with Crippen LogP contribution in [0, 0.1) is 0 Å². The van der Waals surface area contributed by atoms with Crippen LogP contribution in [0.4, 0.5) is 14.6 Å². The van der Waals surface area contributed by atoms with Gasteiger partial charge in [0.05, 0.1) is 19.8 Å².